The summed E-state index contributed by atoms with van der Waals surface area (Å²) >= 11 is 36.7. The molecule has 0 spiro atoms. The van der Waals surface area contributed by atoms with Gasteiger partial charge in [0.15, 0.2) is 11.5 Å². The van der Waals surface area contributed by atoms with Crippen LogP contribution in [0.15, 0.2) is 107 Å². The smallest absolute Gasteiger partial charge is 0.309 e. The van der Waals surface area contributed by atoms with Crippen molar-refractivity contribution in [3.8, 4) is 23.0 Å². The summed E-state index contributed by atoms with van der Waals surface area (Å²) in [6.07, 6.45) is -0.159. The molecule has 2 aromatic heterocycles. The number of nitrogens with zero attached hydrogens (tertiary/aromatic N) is 2. The number of aromatic nitrogens is 4. The second-order valence-electron chi connectivity index (χ2n) is 14.8. The third kappa shape index (κ3) is 12.4. The predicted octanol–water partition coefficient (Wildman–Crippen LogP) is 12.2. The standard InChI is InChI=1S/C23H18Cl3N3O5S.C22H16Cl3N3O5S/c1-12-27-17-10-19(29-35(31,32)22-6-4-14(24)9-16(22)26)21(11-18(17)28-12)34-20-5-3-13(7-15(20)25)8-23(30)33-2;1-11-26-16-9-18(28-34(31,32)21-5-3-13(23)8-15(21)25)20(10-17(16)27-11)33-19-4-2-12(6-14(19)24)7-22(29)30/h3-7,9-11,29H,8H2,1-2H3,(H,27,28);2-6,8-10,28H,7H2,1H3,(H,26,27)(H,29,30). The van der Waals surface area contributed by atoms with Crippen molar-refractivity contribution in [1.29, 1.82) is 0 Å². The molecule has 5 N–H and O–H groups in total. The second kappa shape index (κ2) is 21.0. The molecular formula is C45H34Cl6N6O10S2. The number of hydrogen-bond acceptors (Lipinski definition) is 11. The van der Waals surface area contributed by atoms with Crippen molar-refractivity contribution in [2.75, 3.05) is 16.6 Å². The Morgan fingerprint density at radius 3 is 1.36 bits per heavy atom. The first-order chi connectivity index (χ1) is 32.6. The number of ether oxygens (including phenoxy) is 3. The van der Waals surface area contributed by atoms with Gasteiger partial charge in [-0.25, -0.2) is 26.8 Å². The summed E-state index contributed by atoms with van der Waals surface area (Å²) < 4.78 is 74.1. The Kier molecular flexibility index (Phi) is 15.5. The van der Waals surface area contributed by atoms with Gasteiger partial charge in [-0.3, -0.25) is 19.0 Å². The average molecular weight is 1100 g/mol. The lowest BCUT2D eigenvalue weighted by atomic mass is 10.1. The van der Waals surface area contributed by atoms with Crippen LogP contribution in [0.2, 0.25) is 30.1 Å². The number of esters is 1. The lowest BCUT2D eigenvalue weighted by Gasteiger charge is -2.15. The van der Waals surface area contributed by atoms with Crippen molar-refractivity contribution in [1.82, 2.24) is 19.9 Å². The number of imidazole rings is 2. The van der Waals surface area contributed by atoms with E-state index >= 15 is 0 Å². The normalized spacial score (nSPS) is 11.5. The first kappa shape index (κ1) is 50.9. The summed E-state index contributed by atoms with van der Waals surface area (Å²) in [5.41, 5.74) is 3.62. The van der Waals surface area contributed by atoms with Crippen LogP contribution in [-0.4, -0.2) is 60.9 Å². The number of carboxylic acid groups (broad SMARTS) is 1. The molecule has 2 heterocycles. The number of carbonyl (C=O) groups is 2. The van der Waals surface area contributed by atoms with Gasteiger partial charge in [-0.05, 0) is 97.8 Å². The van der Waals surface area contributed by atoms with Gasteiger partial charge >= 0.3 is 11.9 Å². The summed E-state index contributed by atoms with van der Waals surface area (Å²) in [5.74, 6) is 0.577. The highest BCUT2D eigenvalue weighted by molar-refractivity contribution is 7.93. The molecule has 24 heteroatoms. The van der Waals surface area contributed by atoms with Crippen molar-refractivity contribution < 1.29 is 45.7 Å². The Bertz CT molecular complexity index is 3550. The van der Waals surface area contributed by atoms with Gasteiger partial charge in [0, 0.05) is 22.2 Å². The Hall–Kier alpha value is -5.96. The number of halogens is 6. The first-order valence-electron chi connectivity index (χ1n) is 19.7. The third-order valence-electron chi connectivity index (χ3n) is 9.62. The van der Waals surface area contributed by atoms with E-state index in [9.17, 15) is 26.4 Å². The van der Waals surface area contributed by atoms with E-state index in [2.05, 4.69) is 34.1 Å². The third-order valence-corrected chi connectivity index (χ3v) is 14.4. The van der Waals surface area contributed by atoms with E-state index < -0.39 is 32.0 Å². The van der Waals surface area contributed by atoms with Crippen molar-refractivity contribution in [3.63, 3.8) is 0 Å². The van der Waals surface area contributed by atoms with Crippen LogP contribution < -0.4 is 18.9 Å². The van der Waals surface area contributed by atoms with Gasteiger partial charge in [0.05, 0.1) is 73.5 Å². The van der Waals surface area contributed by atoms with Crippen LogP contribution >= 0.6 is 69.6 Å². The number of H-pyrrole nitrogens is 2. The van der Waals surface area contributed by atoms with Crippen LogP contribution in [0.3, 0.4) is 0 Å². The Balaban J connectivity index is 0.000000204. The highest BCUT2D eigenvalue weighted by Crippen LogP contribution is 2.40. The van der Waals surface area contributed by atoms with Crippen LogP contribution in [0.25, 0.3) is 22.1 Å². The van der Waals surface area contributed by atoms with Gasteiger partial charge < -0.3 is 29.3 Å². The maximum atomic E-state index is 13.1. The molecule has 0 saturated heterocycles. The first-order valence-corrected chi connectivity index (χ1v) is 25.0. The van der Waals surface area contributed by atoms with E-state index in [1.165, 1.54) is 55.6 Å². The molecule has 0 saturated carbocycles. The topological polar surface area (TPSA) is 232 Å². The molecule has 0 aliphatic rings. The van der Waals surface area contributed by atoms with Crippen LogP contribution in [0.5, 0.6) is 23.0 Å². The van der Waals surface area contributed by atoms with Gasteiger partial charge in [-0.15, -0.1) is 0 Å². The minimum Gasteiger partial charge on any atom is -0.481 e. The molecule has 358 valence electrons. The van der Waals surface area contributed by atoms with Crippen molar-refractivity contribution in [3.05, 3.63) is 150 Å². The zero-order chi connectivity index (χ0) is 49.9. The number of carbonyl (C=O) groups excluding carboxylic acids is 1. The monoisotopic (exact) mass is 1090 g/mol. The Morgan fingerprint density at radius 1 is 0.565 bits per heavy atom. The molecule has 6 aromatic carbocycles. The number of methoxy groups -OCH3 is 1. The summed E-state index contributed by atoms with van der Waals surface area (Å²) in [6, 6.07) is 23.7. The number of hydrogen-bond donors (Lipinski definition) is 5. The molecule has 0 atom stereocenters. The van der Waals surface area contributed by atoms with E-state index in [0.717, 1.165) is 0 Å². The van der Waals surface area contributed by atoms with Crippen molar-refractivity contribution in [2.45, 2.75) is 36.5 Å². The van der Waals surface area contributed by atoms with E-state index in [4.69, 9.17) is 84.2 Å². The Labute approximate surface area is 423 Å². The number of anilines is 2. The minimum atomic E-state index is -4.12. The minimum absolute atomic E-state index is 0.0322. The zero-order valence-electron chi connectivity index (χ0n) is 35.8. The maximum Gasteiger partial charge on any atom is 0.309 e. The summed E-state index contributed by atoms with van der Waals surface area (Å²) in [7, 11) is -6.93. The van der Waals surface area contributed by atoms with Crippen molar-refractivity contribution in [2.24, 2.45) is 0 Å². The number of aryl methyl sites for hydroxylation is 2. The van der Waals surface area contributed by atoms with Crippen molar-refractivity contribution >= 4 is 135 Å². The van der Waals surface area contributed by atoms with Crippen LogP contribution in [0.1, 0.15) is 22.8 Å². The molecule has 0 aliphatic carbocycles. The number of carboxylic acids is 1. The summed E-state index contributed by atoms with van der Waals surface area (Å²) in [5, 5.41) is 9.87. The highest BCUT2D eigenvalue weighted by Gasteiger charge is 2.24. The Morgan fingerprint density at radius 2 is 0.986 bits per heavy atom. The van der Waals surface area contributed by atoms with E-state index in [0.29, 0.717) is 54.9 Å². The number of sulfonamides is 2. The fraction of sp³-hybridized carbons (Fsp3) is 0.111. The van der Waals surface area contributed by atoms with Gasteiger partial charge in [0.1, 0.15) is 32.9 Å². The zero-order valence-corrected chi connectivity index (χ0v) is 41.9. The number of benzene rings is 6. The molecule has 0 amide bonds. The van der Waals surface area contributed by atoms with Crippen LogP contribution in [0, 0.1) is 13.8 Å². The molecule has 0 aliphatic heterocycles. The second-order valence-corrected chi connectivity index (χ2v) is 20.6. The SMILES string of the molecule is COC(=O)Cc1ccc(Oc2cc3nc(C)[nH]c3cc2NS(=O)(=O)c2ccc(Cl)cc2Cl)c(Cl)c1.Cc1nc2cc(Oc3ccc(CC(=O)O)cc3Cl)c(NS(=O)(=O)c3ccc(Cl)cc3Cl)cc2[nH]1. The molecule has 8 aromatic rings. The largest absolute Gasteiger partial charge is 0.481 e. The van der Waals surface area contributed by atoms with E-state index in [1.807, 2.05) is 0 Å². The highest BCUT2D eigenvalue weighted by atomic mass is 35.5. The summed E-state index contributed by atoms with van der Waals surface area (Å²) in [4.78, 5) is 37.0. The molecule has 0 fully saturated rings. The predicted molar refractivity (Wildman–Crippen MR) is 266 cm³/mol. The molecule has 0 radical (unpaired) electrons. The average Bonchev–Trinajstić information content (AvgIpc) is 3.81. The molecular weight excluding hydrogens is 1060 g/mol. The number of rotatable bonds is 14. The number of nitrogens with one attached hydrogen (secondary N) is 4. The number of aromatic amines is 2. The number of fused-ring (bicyclic) bond motifs is 2. The molecule has 69 heavy (non-hydrogen) atoms. The van der Waals surface area contributed by atoms with Gasteiger partial charge in [0.2, 0.25) is 0 Å². The fourth-order valence-electron chi connectivity index (χ4n) is 6.57. The van der Waals surface area contributed by atoms with Gasteiger partial charge in [-0.1, -0.05) is 81.7 Å². The molecule has 0 bridgehead atoms. The van der Waals surface area contributed by atoms with Gasteiger partial charge in [0.25, 0.3) is 20.0 Å². The lowest BCUT2D eigenvalue weighted by Crippen LogP contribution is -2.14. The quantitative estimate of drug-likeness (QED) is 0.0640. The fourth-order valence-corrected chi connectivity index (χ4v) is 10.7. The number of aliphatic carboxylic acids is 1. The van der Waals surface area contributed by atoms with Crippen LogP contribution in [-0.2, 0) is 47.2 Å². The molecule has 0 unspecified atom stereocenters. The maximum absolute atomic E-state index is 13.1. The summed E-state index contributed by atoms with van der Waals surface area (Å²) in [6.45, 7) is 3.53. The van der Waals surface area contributed by atoms with E-state index in [1.54, 1.807) is 62.4 Å². The molecule has 8 rings (SSSR count). The van der Waals surface area contributed by atoms with E-state index in [-0.39, 0.29) is 77.1 Å². The van der Waals surface area contributed by atoms with Crippen LogP contribution in [0.4, 0.5) is 11.4 Å². The van der Waals surface area contributed by atoms with Gasteiger partial charge in [-0.2, -0.15) is 0 Å². The lowest BCUT2D eigenvalue weighted by molar-refractivity contribution is -0.140. The molecule has 16 nitrogen and oxygen atoms in total.